The molecule has 1 aliphatic rings. The summed E-state index contributed by atoms with van der Waals surface area (Å²) in [5.41, 5.74) is 3.96. The third-order valence-electron chi connectivity index (χ3n) is 3.12. The normalized spacial score (nSPS) is 20.6. The highest BCUT2D eigenvalue weighted by Crippen LogP contribution is 2.34. The molecule has 15 heavy (non-hydrogen) atoms. The van der Waals surface area contributed by atoms with Crippen molar-refractivity contribution in [2.75, 3.05) is 13.7 Å². The first-order valence-electron chi connectivity index (χ1n) is 5.61. The standard InChI is InChI=1S/C13H19NO/c1-9-7-10(2)13(12(8-9)15-3)11-5-4-6-14-11/h7-8,11,14H,4-6H2,1-3H3/t11-/m0/s1. The van der Waals surface area contributed by atoms with Crippen LogP contribution in [-0.2, 0) is 0 Å². The first-order valence-corrected chi connectivity index (χ1v) is 5.61. The molecule has 2 nitrogen and oxygen atoms in total. The average Bonchev–Trinajstić information content (AvgIpc) is 2.69. The Morgan fingerprint density at radius 3 is 2.73 bits per heavy atom. The number of methoxy groups -OCH3 is 1. The third kappa shape index (κ3) is 2.00. The van der Waals surface area contributed by atoms with Crippen LogP contribution in [0.25, 0.3) is 0 Å². The van der Waals surface area contributed by atoms with Crippen LogP contribution >= 0.6 is 0 Å². The minimum absolute atomic E-state index is 0.487. The van der Waals surface area contributed by atoms with E-state index in [1.807, 2.05) is 0 Å². The molecule has 1 saturated heterocycles. The molecule has 1 N–H and O–H groups in total. The molecular weight excluding hydrogens is 186 g/mol. The summed E-state index contributed by atoms with van der Waals surface area (Å²) in [6.45, 7) is 5.41. The molecule has 1 fully saturated rings. The molecule has 1 atom stereocenters. The van der Waals surface area contributed by atoms with Gasteiger partial charge in [0.05, 0.1) is 7.11 Å². The second-order valence-corrected chi connectivity index (χ2v) is 4.35. The first kappa shape index (κ1) is 10.5. The van der Waals surface area contributed by atoms with Crippen LogP contribution in [0.4, 0.5) is 0 Å². The van der Waals surface area contributed by atoms with Crippen LogP contribution in [0.2, 0.25) is 0 Å². The second kappa shape index (κ2) is 4.23. The van der Waals surface area contributed by atoms with Crippen LogP contribution in [0.5, 0.6) is 5.75 Å². The number of benzene rings is 1. The number of rotatable bonds is 2. The van der Waals surface area contributed by atoms with Gasteiger partial charge in [-0.2, -0.15) is 0 Å². The summed E-state index contributed by atoms with van der Waals surface area (Å²) < 4.78 is 5.48. The molecule has 0 aliphatic carbocycles. The van der Waals surface area contributed by atoms with Crippen molar-refractivity contribution in [1.82, 2.24) is 5.32 Å². The Morgan fingerprint density at radius 2 is 2.13 bits per heavy atom. The number of ether oxygens (including phenoxy) is 1. The summed E-state index contributed by atoms with van der Waals surface area (Å²) in [5, 5.41) is 3.53. The molecule has 0 saturated carbocycles. The average molecular weight is 205 g/mol. The Morgan fingerprint density at radius 1 is 1.33 bits per heavy atom. The topological polar surface area (TPSA) is 21.3 Å². The number of hydrogen-bond acceptors (Lipinski definition) is 2. The summed E-state index contributed by atoms with van der Waals surface area (Å²) >= 11 is 0. The van der Waals surface area contributed by atoms with Crippen molar-refractivity contribution < 1.29 is 4.74 Å². The fourth-order valence-electron chi connectivity index (χ4n) is 2.49. The zero-order valence-corrected chi connectivity index (χ0v) is 9.76. The summed E-state index contributed by atoms with van der Waals surface area (Å²) in [5.74, 6) is 1.03. The lowest BCUT2D eigenvalue weighted by atomic mass is 9.97. The Balaban J connectivity index is 2.43. The molecule has 0 radical (unpaired) electrons. The Hall–Kier alpha value is -1.02. The maximum Gasteiger partial charge on any atom is 0.124 e. The van der Waals surface area contributed by atoms with E-state index in [9.17, 15) is 0 Å². The summed E-state index contributed by atoms with van der Waals surface area (Å²) in [6.07, 6.45) is 2.49. The van der Waals surface area contributed by atoms with Crippen molar-refractivity contribution in [1.29, 1.82) is 0 Å². The van der Waals surface area contributed by atoms with Gasteiger partial charge in [0.1, 0.15) is 5.75 Å². The minimum atomic E-state index is 0.487. The number of nitrogens with one attached hydrogen (secondary N) is 1. The van der Waals surface area contributed by atoms with Crippen LogP contribution in [-0.4, -0.2) is 13.7 Å². The Bertz CT molecular complexity index is 354. The van der Waals surface area contributed by atoms with Crippen LogP contribution in [0.3, 0.4) is 0 Å². The van der Waals surface area contributed by atoms with Gasteiger partial charge in [-0.25, -0.2) is 0 Å². The van der Waals surface area contributed by atoms with Gasteiger partial charge in [-0.05, 0) is 50.4 Å². The third-order valence-corrected chi connectivity index (χ3v) is 3.12. The lowest BCUT2D eigenvalue weighted by Crippen LogP contribution is -2.15. The Labute approximate surface area is 91.6 Å². The number of aryl methyl sites for hydroxylation is 2. The van der Waals surface area contributed by atoms with Gasteiger partial charge in [-0.3, -0.25) is 0 Å². The molecule has 1 aromatic rings. The molecule has 1 aromatic carbocycles. The van der Waals surface area contributed by atoms with E-state index in [1.165, 1.54) is 29.5 Å². The quantitative estimate of drug-likeness (QED) is 0.801. The van der Waals surface area contributed by atoms with Crippen molar-refractivity contribution in [3.8, 4) is 5.75 Å². The van der Waals surface area contributed by atoms with Crippen molar-refractivity contribution >= 4 is 0 Å². The molecule has 0 aromatic heterocycles. The second-order valence-electron chi connectivity index (χ2n) is 4.35. The SMILES string of the molecule is COc1cc(C)cc(C)c1[C@@H]1CCCN1. The highest BCUT2D eigenvalue weighted by molar-refractivity contribution is 5.45. The molecule has 0 bridgehead atoms. The molecule has 2 rings (SSSR count). The molecule has 0 unspecified atom stereocenters. The van der Waals surface area contributed by atoms with E-state index in [-0.39, 0.29) is 0 Å². The zero-order valence-electron chi connectivity index (χ0n) is 9.76. The van der Waals surface area contributed by atoms with Crippen LogP contribution in [0.1, 0.15) is 35.6 Å². The van der Waals surface area contributed by atoms with Gasteiger partial charge >= 0.3 is 0 Å². The molecule has 82 valence electrons. The van der Waals surface area contributed by atoms with Gasteiger partial charge in [-0.1, -0.05) is 6.07 Å². The zero-order chi connectivity index (χ0) is 10.8. The van der Waals surface area contributed by atoms with Crippen molar-refractivity contribution in [3.05, 3.63) is 28.8 Å². The van der Waals surface area contributed by atoms with Gasteiger partial charge in [0.25, 0.3) is 0 Å². The Kier molecular flexibility index (Phi) is 2.96. The van der Waals surface area contributed by atoms with Gasteiger partial charge in [0.15, 0.2) is 0 Å². The predicted molar refractivity (Wildman–Crippen MR) is 62.4 cm³/mol. The van der Waals surface area contributed by atoms with E-state index in [2.05, 4.69) is 31.3 Å². The van der Waals surface area contributed by atoms with E-state index in [1.54, 1.807) is 7.11 Å². The van der Waals surface area contributed by atoms with Gasteiger partial charge in [0, 0.05) is 11.6 Å². The fraction of sp³-hybridized carbons (Fsp3) is 0.538. The summed E-state index contributed by atoms with van der Waals surface area (Å²) in [6, 6.07) is 4.85. The van der Waals surface area contributed by atoms with E-state index < -0.39 is 0 Å². The van der Waals surface area contributed by atoms with Gasteiger partial charge in [-0.15, -0.1) is 0 Å². The maximum absolute atomic E-state index is 5.48. The molecule has 0 amide bonds. The van der Waals surface area contributed by atoms with E-state index >= 15 is 0 Å². The summed E-state index contributed by atoms with van der Waals surface area (Å²) in [7, 11) is 1.76. The van der Waals surface area contributed by atoms with E-state index in [0.29, 0.717) is 6.04 Å². The van der Waals surface area contributed by atoms with Crippen LogP contribution in [0.15, 0.2) is 12.1 Å². The van der Waals surface area contributed by atoms with Crippen molar-refractivity contribution in [2.24, 2.45) is 0 Å². The lowest BCUT2D eigenvalue weighted by Gasteiger charge is -2.18. The first-order chi connectivity index (χ1) is 7.22. The van der Waals surface area contributed by atoms with Crippen molar-refractivity contribution in [2.45, 2.75) is 32.7 Å². The van der Waals surface area contributed by atoms with Crippen molar-refractivity contribution in [3.63, 3.8) is 0 Å². The highest BCUT2D eigenvalue weighted by Gasteiger charge is 2.21. The van der Waals surface area contributed by atoms with E-state index in [0.717, 1.165) is 12.3 Å². The van der Waals surface area contributed by atoms with Gasteiger partial charge < -0.3 is 10.1 Å². The maximum atomic E-state index is 5.48. The predicted octanol–water partition coefficient (Wildman–Crippen LogP) is 2.74. The molecule has 2 heteroatoms. The molecule has 1 heterocycles. The number of hydrogen-bond donors (Lipinski definition) is 1. The molecular formula is C13H19NO. The largest absolute Gasteiger partial charge is 0.496 e. The van der Waals surface area contributed by atoms with Crippen LogP contribution < -0.4 is 10.1 Å². The smallest absolute Gasteiger partial charge is 0.124 e. The van der Waals surface area contributed by atoms with Gasteiger partial charge in [0.2, 0.25) is 0 Å². The minimum Gasteiger partial charge on any atom is -0.496 e. The monoisotopic (exact) mass is 205 g/mol. The summed E-state index contributed by atoms with van der Waals surface area (Å²) in [4.78, 5) is 0. The van der Waals surface area contributed by atoms with E-state index in [4.69, 9.17) is 4.74 Å². The molecule has 0 spiro atoms. The molecule has 1 aliphatic heterocycles. The van der Waals surface area contributed by atoms with Crippen LogP contribution in [0, 0.1) is 13.8 Å². The lowest BCUT2D eigenvalue weighted by molar-refractivity contribution is 0.402. The fourth-order valence-corrected chi connectivity index (χ4v) is 2.49. The highest BCUT2D eigenvalue weighted by atomic mass is 16.5.